The Bertz CT molecular complexity index is 431. The van der Waals surface area contributed by atoms with Gasteiger partial charge in [-0.05, 0) is 30.5 Å². The van der Waals surface area contributed by atoms with Crippen molar-refractivity contribution in [3.63, 3.8) is 0 Å². The molecule has 2 N–H and O–H groups in total. The molecule has 1 aliphatic heterocycles. The molecule has 4 heteroatoms. The summed E-state index contributed by atoms with van der Waals surface area (Å²) in [6, 6.07) is 8.01. The van der Waals surface area contributed by atoms with Gasteiger partial charge in [-0.3, -0.25) is 0 Å². The SMILES string of the molecule is CCCCCCN1C(=O)OC[C@H]1Cc1ccc(N)cc1. The Morgan fingerprint density at radius 2 is 2.00 bits per heavy atom. The van der Waals surface area contributed by atoms with Crippen LogP contribution in [-0.2, 0) is 11.2 Å². The van der Waals surface area contributed by atoms with Crippen LogP contribution in [0.5, 0.6) is 0 Å². The third-order valence-corrected chi connectivity index (χ3v) is 3.78. The largest absolute Gasteiger partial charge is 0.447 e. The highest BCUT2D eigenvalue weighted by atomic mass is 16.6. The summed E-state index contributed by atoms with van der Waals surface area (Å²) in [5, 5.41) is 0. The lowest BCUT2D eigenvalue weighted by Gasteiger charge is -2.21. The predicted octanol–water partition coefficient (Wildman–Crippen LogP) is 3.21. The molecular weight excluding hydrogens is 252 g/mol. The molecule has 0 aliphatic carbocycles. The van der Waals surface area contributed by atoms with Gasteiger partial charge >= 0.3 is 6.09 Å². The lowest BCUT2D eigenvalue weighted by atomic mass is 10.1. The lowest BCUT2D eigenvalue weighted by Crippen LogP contribution is -2.35. The Balaban J connectivity index is 1.88. The molecule has 110 valence electrons. The molecule has 1 aromatic carbocycles. The Morgan fingerprint density at radius 3 is 2.70 bits per heavy atom. The highest BCUT2D eigenvalue weighted by Crippen LogP contribution is 2.19. The number of carbonyl (C=O) groups is 1. The molecule has 1 amide bonds. The summed E-state index contributed by atoms with van der Waals surface area (Å²) in [5.41, 5.74) is 7.65. The molecule has 0 aromatic heterocycles. The van der Waals surface area contributed by atoms with Gasteiger partial charge in [0.15, 0.2) is 0 Å². The van der Waals surface area contributed by atoms with E-state index < -0.39 is 0 Å². The van der Waals surface area contributed by atoms with Gasteiger partial charge in [0.25, 0.3) is 0 Å². The Kier molecular flexibility index (Phi) is 5.27. The van der Waals surface area contributed by atoms with Crippen molar-refractivity contribution in [2.75, 3.05) is 18.9 Å². The Hall–Kier alpha value is -1.71. The summed E-state index contributed by atoms with van der Waals surface area (Å²) in [6.07, 6.45) is 5.34. The van der Waals surface area contributed by atoms with Crippen LogP contribution in [0.1, 0.15) is 38.2 Å². The van der Waals surface area contributed by atoms with Gasteiger partial charge in [0.2, 0.25) is 0 Å². The van der Waals surface area contributed by atoms with Crippen molar-refractivity contribution in [3.05, 3.63) is 29.8 Å². The number of amides is 1. The van der Waals surface area contributed by atoms with Crippen molar-refractivity contribution in [1.29, 1.82) is 0 Å². The maximum Gasteiger partial charge on any atom is 0.410 e. The third kappa shape index (κ3) is 3.89. The number of cyclic esters (lactones) is 1. The van der Waals surface area contributed by atoms with E-state index in [9.17, 15) is 4.79 Å². The standard InChI is InChI=1S/C16H24N2O2/c1-2-3-4-5-10-18-15(12-20-16(18)19)11-13-6-8-14(17)9-7-13/h6-9,15H,2-5,10-12,17H2,1H3/t15-/m1/s1. The number of carbonyl (C=O) groups excluding carboxylic acids is 1. The molecule has 4 nitrogen and oxygen atoms in total. The Morgan fingerprint density at radius 1 is 1.25 bits per heavy atom. The second kappa shape index (κ2) is 7.17. The average molecular weight is 276 g/mol. The van der Waals surface area contributed by atoms with Crippen molar-refractivity contribution in [2.24, 2.45) is 0 Å². The molecule has 1 saturated heterocycles. The predicted molar refractivity (Wildman–Crippen MR) is 80.5 cm³/mol. The summed E-state index contributed by atoms with van der Waals surface area (Å²) in [6.45, 7) is 3.49. The van der Waals surface area contributed by atoms with E-state index >= 15 is 0 Å². The van der Waals surface area contributed by atoms with E-state index in [1.807, 2.05) is 29.2 Å². The van der Waals surface area contributed by atoms with Crippen molar-refractivity contribution < 1.29 is 9.53 Å². The molecule has 2 rings (SSSR count). The Labute approximate surface area is 120 Å². The van der Waals surface area contributed by atoms with Crippen molar-refractivity contribution in [2.45, 2.75) is 45.1 Å². The van der Waals surface area contributed by atoms with E-state index in [4.69, 9.17) is 10.5 Å². The van der Waals surface area contributed by atoms with Crippen molar-refractivity contribution in [1.82, 2.24) is 4.90 Å². The fraction of sp³-hybridized carbons (Fsp3) is 0.562. The summed E-state index contributed by atoms with van der Waals surface area (Å²) in [5.74, 6) is 0. The second-order valence-electron chi connectivity index (χ2n) is 5.43. The van der Waals surface area contributed by atoms with Gasteiger partial charge in [-0.25, -0.2) is 4.79 Å². The first-order chi connectivity index (χ1) is 9.70. The highest BCUT2D eigenvalue weighted by Gasteiger charge is 2.32. The summed E-state index contributed by atoms with van der Waals surface area (Å²) in [4.78, 5) is 13.7. The van der Waals surface area contributed by atoms with Gasteiger partial charge in [0, 0.05) is 12.2 Å². The minimum absolute atomic E-state index is 0.160. The van der Waals surface area contributed by atoms with Gasteiger partial charge in [-0.15, -0.1) is 0 Å². The van der Waals surface area contributed by atoms with Gasteiger partial charge in [0.05, 0.1) is 6.04 Å². The number of unbranched alkanes of at least 4 members (excludes halogenated alkanes) is 3. The highest BCUT2D eigenvalue weighted by molar-refractivity contribution is 5.70. The quantitative estimate of drug-likeness (QED) is 0.614. The average Bonchev–Trinajstić information content (AvgIpc) is 2.78. The van der Waals surface area contributed by atoms with Crippen LogP contribution < -0.4 is 5.73 Å². The van der Waals surface area contributed by atoms with Gasteiger partial charge in [0.1, 0.15) is 6.61 Å². The zero-order valence-corrected chi connectivity index (χ0v) is 12.2. The zero-order chi connectivity index (χ0) is 14.4. The maximum atomic E-state index is 11.8. The monoisotopic (exact) mass is 276 g/mol. The molecule has 0 unspecified atom stereocenters. The summed E-state index contributed by atoms with van der Waals surface area (Å²) < 4.78 is 5.19. The molecule has 1 atom stereocenters. The van der Waals surface area contributed by atoms with E-state index in [0.29, 0.717) is 6.61 Å². The molecule has 0 saturated carbocycles. The van der Waals surface area contributed by atoms with Crippen LogP contribution in [0.4, 0.5) is 10.5 Å². The number of ether oxygens (including phenoxy) is 1. The molecule has 0 spiro atoms. The van der Waals surface area contributed by atoms with E-state index in [0.717, 1.165) is 25.1 Å². The minimum Gasteiger partial charge on any atom is -0.447 e. The number of anilines is 1. The van der Waals surface area contributed by atoms with E-state index in [-0.39, 0.29) is 12.1 Å². The number of nitrogens with two attached hydrogens (primary N) is 1. The molecule has 1 fully saturated rings. The molecule has 0 radical (unpaired) electrons. The first-order valence-electron chi connectivity index (χ1n) is 7.48. The van der Waals surface area contributed by atoms with Crippen LogP contribution in [0.15, 0.2) is 24.3 Å². The fourth-order valence-corrected chi connectivity index (χ4v) is 2.57. The molecular formula is C16H24N2O2. The second-order valence-corrected chi connectivity index (χ2v) is 5.43. The topological polar surface area (TPSA) is 55.6 Å². The van der Waals surface area contributed by atoms with E-state index in [1.54, 1.807) is 0 Å². The van der Waals surface area contributed by atoms with Gasteiger partial charge < -0.3 is 15.4 Å². The molecule has 20 heavy (non-hydrogen) atoms. The summed E-state index contributed by atoms with van der Waals surface area (Å²) >= 11 is 0. The third-order valence-electron chi connectivity index (χ3n) is 3.78. The first-order valence-corrected chi connectivity index (χ1v) is 7.48. The van der Waals surface area contributed by atoms with Crippen LogP contribution in [0.3, 0.4) is 0 Å². The van der Waals surface area contributed by atoms with Crippen LogP contribution >= 0.6 is 0 Å². The van der Waals surface area contributed by atoms with Crippen LogP contribution in [0.2, 0.25) is 0 Å². The number of benzene rings is 1. The van der Waals surface area contributed by atoms with Crippen molar-refractivity contribution in [3.8, 4) is 0 Å². The van der Waals surface area contributed by atoms with Crippen molar-refractivity contribution >= 4 is 11.8 Å². The maximum absolute atomic E-state index is 11.8. The van der Waals surface area contributed by atoms with Gasteiger partial charge in [-0.1, -0.05) is 38.3 Å². The number of nitrogen functional groups attached to an aromatic ring is 1. The fourth-order valence-electron chi connectivity index (χ4n) is 2.57. The molecule has 1 heterocycles. The number of hydrogen-bond acceptors (Lipinski definition) is 3. The minimum atomic E-state index is -0.165. The van der Waals surface area contributed by atoms with E-state index in [2.05, 4.69) is 6.92 Å². The summed E-state index contributed by atoms with van der Waals surface area (Å²) in [7, 11) is 0. The smallest absolute Gasteiger partial charge is 0.410 e. The van der Waals surface area contributed by atoms with Crippen LogP contribution in [-0.4, -0.2) is 30.2 Å². The molecule has 1 aliphatic rings. The van der Waals surface area contributed by atoms with Gasteiger partial charge in [-0.2, -0.15) is 0 Å². The number of hydrogen-bond donors (Lipinski definition) is 1. The van der Waals surface area contributed by atoms with Crippen LogP contribution in [0, 0.1) is 0 Å². The number of nitrogens with zero attached hydrogens (tertiary/aromatic N) is 1. The molecule has 1 aromatic rings. The molecule has 0 bridgehead atoms. The normalized spacial score (nSPS) is 18.4. The number of rotatable bonds is 7. The lowest BCUT2D eigenvalue weighted by molar-refractivity contribution is 0.157. The first kappa shape index (κ1) is 14.7. The van der Waals surface area contributed by atoms with Crippen LogP contribution in [0.25, 0.3) is 0 Å². The zero-order valence-electron chi connectivity index (χ0n) is 12.2. The van der Waals surface area contributed by atoms with E-state index in [1.165, 1.54) is 24.8 Å².